The highest BCUT2D eigenvalue weighted by Gasteiger charge is 2.18. The van der Waals surface area contributed by atoms with E-state index in [-0.39, 0.29) is 10.9 Å². The lowest BCUT2D eigenvalue weighted by molar-refractivity contribution is 0.282. The van der Waals surface area contributed by atoms with Crippen molar-refractivity contribution in [1.82, 2.24) is 14.6 Å². The lowest BCUT2D eigenvalue weighted by Crippen LogP contribution is -2.41. The molecule has 1 aromatic rings. The Labute approximate surface area is 121 Å². The molecule has 7 heteroatoms. The van der Waals surface area contributed by atoms with Gasteiger partial charge in [0, 0.05) is 25.3 Å². The van der Waals surface area contributed by atoms with Crippen LogP contribution in [0.4, 0.5) is 0 Å². The van der Waals surface area contributed by atoms with E-state index in [9.17, 15) is 8.42 Å². The third-order valence-corrected chi connectivity index (χ3v) is 4.67. The minimum absolute atomic E-state index is 0.158. The van der Waals surface area contributed by atoms with E-state index in [1.807, 2.05) is 6.92 Å². The quantitative estimate of drug-likeness (QED) is 0.732. The highest BCUT2D eigenvalue weighted by Crippen LogP contribution is 2.08. The predicted molar refractivity (Wildman–Crippen MR) is 79.7 cm³/mol. The molecule has 0 fully saturated rings. The first-order valence-corrected chi connectivity index (χ1v) is 8.30. The molecule has 0 aliphatic rings. The average molecular weight is 300 g/mol. The van der Waals surface area contributed by atoms with Gasteiger partial charge in [0.2, 0.25) is 10.0 Å². The van der Waals surface area contributed by atoms with E-state index in [4.69, 9.17) is 5.73 Å². The van der Waals surface area contributed by atoms with Crippen LogP contribution in [0.25, 0.3) is 0 Å². The van der Waals surface area contributed by atoms with E-state index >= 15 is 0 Å². The molecule has 20 heavy (non-hydrogen) atoms. The molecule has 0 aliphatic heterocycles. The zero-order valence-corrected chi connectivity index (χ0v) is 13.2. The summed E-state index contributed by atoms with van der Waals surface area (Å²) >= 11 is 0. The fraction of sp³-hybridized carbons (Fsp3) is 0.615. The van der Waals surface area contributed by atoms with Gasteiger partial charge in [-0.15, -0.1) is 0 Å². The summed E-state index contributed by atoms with van der Waals surface area (Å²) in [7, 11) is -3.53. The van der Waals surface area contributed by atoms with Gasteiger partial charge in [-0.25, -0.2) is 13.1 Å². The van der Waals surface area contributed by atoms with E-state index in [1.165, 1.54) is 12.3 Å². The van der Waals surface area contributed by atoms with Gasteiger partial charge in [-0.05, 0) is 32.1 Å². The number of likely N-dealkylation sites (N-methyl/N-ethyl adjacent to an activating group) is 1. The second-order valence-corrected chi connectivity index (χ2v) is 6.41. The molecule has 1 unspecified atom stereocenters. The van der Waals surface area contributed by atoms with E-state index in [2.05, 4.69) is 28.5 Å². The average Bonchev–Trinajstić information content (AvgIpc) is 2.44. The maximum absolute atomic E-state index is 12.2. The van der Waals surface area contributed by atoms with Crippen LogP contribution in [0, 0.1) is 0 Å². The monoisotopic (exact) mass is 300 g/mol. The smallest absolute Gasteiger partial charge is 0.242 e. The summed E-state index contributed by atoms with van der Waals surface area (Å²) in [5, 5.41) is 0. The second kappa shape index (κ2) is 7.68. The third-order valence-electron chi connectivity index (χ3n) is 3.10. The number of hydrogen-bond acceptors (Lipinski definition) is 5. The molecule has 0 amide bonds. The summed E-state index contributed by atoms with van der Waals surface area (Å²) in [5.41, 5.74) is 6.11. The molecule has 0 radical (unpaired) electrons. The first-order chi connectivity index (χ1) is 9.42. The van der Waals surface area contributed by atoms with Crippen molar-refractivity contribution in [2.24, 2.45) is 5.73 Å². The van der Waals surface area contributed by atoms with Crippen LogP contribution in [-0.4, -0.2) is 44.0 Å². The molecule has 1 rings (SSSR count). The molecule has 0 spiro atoms. The van der Waals surface area contributed by atoms with Crippen molar-refractivity contribution in [3.63, 3.8) is 0 Å². The summed E-state index contributed by atoms with van der Waals surface area (Å²) in [6, 6.07) is 3.00. The zero-order chi connectivity index (χ0) is 15.2. The topological polar surface area (TPSA) is 88.3 Å². The molecule has 3 N–H and O–H groups in total. The van der Waals surface area contributed by atoms with Gasteiger partial charge in [-0.3, -0.25) is 4.98 Å². The molecule has 6 nitrogen and oxygen atoms in total. The predicted octanol–water partition coefficient (Wildman–Crippen LogP) is 0.549. The van der Waals surface area contributed by atoms with Crippen LogP contribution in [0.2, 0.25) is 0 Å². The highest BCUT2D eigenvalue weighted by atomic mass is 32.2. The Hall–Kier alpha value is -1.02. The largest absolute Gasteiger partial charge is 0.325 e. The van der Waals surface area contributed by atoms with Gasteiger partial charge < -0.3 is 10.6 Å². The standard InChI is InChI=1S/C13H24N4O2S/c1-4-17(5-2)10-11(3)16-20(18,19)13-7-6-12(8-14)15-9-13/h6-7,9,11,16H,4-5,8,10,14H2,1-3H3. The summed E-state index contributed by atoms with van der Waals surface area (Å²) in [5.74, 6) is 0. The SMILES string of the molecule is CCN(CC)CC(C)NS(=O)(=O)c1ccc(CN)nc1. The molecule has 0 bridgehead atoms. The van der Waals surface area contributed by atoms with Crippen LogP contribution in [0.5, 0.6) is 0 Å². The van der Waals surface area contributed by atoms with E-state index in [1.54, 1.807) is 6.07 Å². The number of sulfonamides is 1. The third kappa shape index (κ3) is 4.82. The molecule has 0 aliphatic carbocycles. The van der Waals surface area contributed by atoms with Crippen molar-refractivity contribution in [1.29, 1.82) is 0 Å². The number of nitrogens with zero attached hydrogens (tertiary/aromatic N) is 2. The van der Waals surface area contributed by atoms with Crippen molar-refractivity contribution < 1.29 is 8.42 Å². The molecule has 0 saturated carbocycles. The number of aromatic nitrogens is 1. The lowest BCUT2D eigenvalue weighted by Gasteiger charge is -2.23. The van der Waals surface area contributed by atoms with Crippen molar-refractivity contribution in [2.75, 3.05) is 19.6 Å². The molecule has 114 valence electrons. The molecule has 1 heterocycles. The van der Waals surface area contributed by atoms with Gasteiger partial charge >= 0.3 is 0 Å². The van der Waals surface area contributed by atoms with Crippen LogP contribution < -0.4 is 10.5 Å². The van der Waals surface area contributed by atoms with Gasteiger partial charge in [0.25, 0.3) is 0 Å². The number of rotatable bonds is 8. The number of nitrogens with two attached hydrogens (primary N) is 1. The Balaban J connectivity index is 2.73. The first kappa shape index (κ1) is 17.0. The molecular formula is C13H24N4O2S. The van der Waals surface area contributed by atoms with Gasteiger partial charge in [0.1, 0.15) is 4.90 Å². The maximum Gasteiger partial charge on any atom is 0.242 e. The first-order valence-electron chi connectivity index (χ1n) is 6.82. The van der Waals surface area contributed by atoms with Crippen LogP contribution in [0.15, 0.2) is 23.2 Å². The van der Waals surface area contributed by atoms with Crippen molar-refractivity contribution in [2.45, 2.75) is 38.3 Å². The number of pyridine rings is 1. The normalized spacial score (nSPS) is 13.7. The summed E-state index contributed by atoms with van der Waals surface area (Å²) in [4.78, 5) is 6.35. The Morgan fingerprint density at radius 1 is 1.35 bits per heavy atom. The molecule has 0 saturated heterocycles. The zero-order valence-electron chi connectivity index (χ0n) is 12.3. The van der Waals surface area contributed by atoms with Gasteiger partial charge in [-0.2, -0.15) is 0 Å². The van der Waals surface area contributed by atoms with Crippen molar-refractivity contribution >= 4 is 10.0 Å². The molecular weight excluding hydrogens is 276 g/mol. The minimum Gasteiger partial charge on any atom is -0.325 e. The minimum atomic E-state index is -3.53. The lowest BCUT2D eigenvalue weighted by atomic mass is 10.3. The number of hydrogen-bond donors (Lipinski definition) is 2. The Kier molecular flexibility index (Phi) is 6.54. The summed E-state index contributed by atoms with van der Waals surface area (Å²) in [6.07, 6.45) is 1.34. The fourth-order valence-electron chi connectivity index (χ4n) is 1.93. The van der Waals surface area contributed by atoms with Crippen LogP contribution in [0.3, 0.4) is 0 Å². The van der Waals surface area contributed by atoms with Crippen LogP contribution >= 0.6 is 0 Å². The van der Waals surface area contributed by atoms with Crippen molar-refractivity contribution in [3.8, 4) is 0 Å². The fourth-order valence-corrected chi connectivity index (χ4v) is 3.11. The maximum atomic E-state index is 12.2. The van der Waals surface area contributed by atoms with Crippen LogP contribution in [0.1, 0.15) is 26.5 Å². The van der Waals surface area contributed by atoms with Crippen LogP contribution in [-0.2, 0) is 16.6 Å². The van der Waals surface area contributed by atoms with Gasteiger partial charge in [0.05, 0.1) is 5.69 Å². The Morgan fingerprint density at radius 2 is 2.00 bits per heavy atom. The second-order valence-electron chi connectivity index (χ2n) is 4.70. The number of nitrogens with one attached hydrogen (secondary N) is 1. The highest BCUT2D eigenvalue weighted by molar-refractivity contribution is 7.89. The van der Waals surface area contributed by atoms with Gasteiger partial charge in [-0.1, -0.05) is 13.8 Å². The van der Waals surface area contributed by atoms with E-state index < -0.39 is 10.0 Å². The van der Waals surface area contributed by atoms with Gasteiger partial charge in [0.15, 0.2) is 0 Å². The van der Waals surface area contributed by atoms with Crippen molar-refractivity contribution in [3.05, 3.63) is 24.0 Å². The molecule has 0 aromatic carbocycles. The van der Waals surface area contributed by atoms with E-state index in [0.717, 1.165) is 13.1 Å². The van der Waals surface area contributed by atoms with E-state index in [0.29, 0.717) is 18.8 Å². The molecule has 1 aromatic heterocycles. The summed E-state index contributed by atoms with van der Waals surface area (Å²) in [6.45, 7) is 8.75. The molecule has 1 atom stereocenters. The Bertz CT molecular complexity index is 498. The Morgan fingerprint density at radius 3 is 2.45 bits per heavy atom. The summed E-state index contributed by atoms with van der Waals surface area (Å²) < 4.78 is 27.1.